The van der Waals surface area contributed by atoms with Crippen molar-refractivity contribution in [3.63, 3.8) is 0 Å². The molecule has 0 unspecified atom stereocenters. The number of halogens is 4. The Morgan fingerprint density at radius 2 is 1.87 bits per heavy atom. The van der Waals surface area contributed by atoms with Crippen LogP contribution in [0.25, 0.3) is 0 Å². The number of rotatable bonds is 6. The predicted octanol–water partition coefficient (Wildman–Crippen LogP) is 5.20. The molecule has 0 saturated heterocycles. The smallest absolute Gasteiger partial charge is 0.416 e. The molecule has 2 aromatic heterocycles. The van der Waals surface area contributed by atoms with Crippen molar-refractivity contribution in [2.75, 3.05) is 18.5 Å². The minimum absolute atomic E-state index is 0.165. The van der Waals surface area contributed by atoms with Gasteiger partial charge >= 0.3 is 6.18 Å². The van der Waals surface area contributed by atoms with Gasteiger partial charge in [0.2, 0.25) is 5.88 Å². The van der Waals surface area contributed by atoms with Crippen molar-refractivity contribution >= 4 is 17.3 Å². The quantitative estimate of drug-likeness (QED) is 0.382. The van der Waals surface area contributed by atoms with Gasteiger partial charge in [0.25, 0.3) is 0 Å². The summed E-state index contributed by atoms with van der Waals surface area (Å²) in [6.45, 7) is 1.84. The average Bonchev–Trinajstić information content (AvgIpc) is 2.69. The third-order valence-electron chi connectivity index (χ3n) is 4.33. The van der Waals surface area contributed by atoms with Crippen molar-refractivity contribution in [3.8, 4) is 17.7 Å². The fourth-order valence-electron chi connectivity index (χ4n) is 2.93. The average molecular weight is 448 g/mol. The van der Waals surface area contributed by atoms with Crippen LogP contribution in [0.2, 0.25) is 5.15 Å². The van der Waals surface area contributed by atoms with Crippen molar-refractivity contribution < 1.29 is 17.9 Å². The topological polar surface area (TPSA) is 74.9 Å². The maximum Gasteiger partial charge on any atom is 0.416 e. The van der Waals surface area contributed by atoms with Crippen molar-refractivity contribution in [1.82, 2.24) is 15.0 Å². The van der Waals surface area contributed by atoms with E-state index in [1.54, 1.807) is 37.2 Å². The second-order valence-electron chi connectivity index (χ2n) is 6.66. The van der Waals surface area contributed by atoms with Gasteiger partial charge in [0.05, 0.1) is 17.3 Å². The molecule has 0 radical (unpaired) electrons. The molecule has 160 valence electrons. The third kappa shape index (κ3) is 5.61. The highest BCUT2D eigenvalue weighted by molar-refractivity contribution is 6.30. The fourth-order valence-corrected chi connectivity index (χ4v) is 3.15. The van der Waals surface area contributed by atoms with Crippen LogP contribution in [-0.2, 0) is 12.6 Å². The zero-order valence-electron chi connectivity index (χ0n) is 16.6. The summed E-state index contributed by atoms with van der Waals surface area (Å²) in [5, 5.41) is 9.26. The van der Waals surface area contributed by atoms with E-state index in [1.807, 2.05) is 0 Å². The Bertz CT molecular complexity index is 1110. The monoisotopic (exact) mass is 447 g/mol. The van der Waals surface area contributed by atoms with Crippen LogP contribution in [0.15, 0.2) is 42.6 Å². The SMILES string of the molecule is Cc1nc(Cc2c(N(C)CC#N)ccnc2Cl)cc(Oc2ccc(C(F)(F)F)cc2)n1. The Labute approximate surface area is 181 Å². The molecule has 10 heteroatoms. The fraction of sp³-hybridized carbons (Fsp3) is 0.238. The van der Waals surface area contributed by atoms with E-state index in [0.29, 0.717) is 23.5 Å². The molecule has 0 aliphatic heterocycles. The Morgan fingerprint density at radius 3 is 2.52 bits per heavy atom. The van der Waals surface area contributed by atoms with Crippen molar-refractivity contribution in [3.05, 3.63) is 70.4 Å². The maximum atomic E-state index is 12.7. The number of hydrogen-bond acceptors (Lipinski definition) is 6. The molecule has 3 rings (SSSR count). The number of aryl methyl sites for hydroxylation is 1. The molecule has 0 spiro atoms. The molecule has 1 aromatic carbocycles. The Kier molecular flexibility index (Phi) is 6.61. The lowest BCUT2D eigenvalue weighted by Gasteiger charge is -2.20. The van der Waals surface area contributed by atoms with Crippen molar-refractivity contribution in [1.29, 1.82) is 5.26 Å². The first kappa shape index (κ1) is 22.3. The minimum atomic E-state index is -4.42. The highest BCUT2D eigenvalue weighted by Gasteiger charge is 2.30. The Morgan fingerprint density at radius 1 is 1.16 bits per heavy atom. The van der Waals surface area contributed by atoms with Crippen LogP contribution in [0.3, 0.4) is 0 Å². The van der Waals surface area contributed by atoms with E-state index < -0.39 is 11.7 Å². The standard InChI is InChI=1S/C21H17ClF3N5O/c1-13-28-15(11-17-18(30(2)10-8-26)7-9-27-20(17)22)12-19(29-13)31-16-5-3-14(4-6-16)21(23,24)25/h3-7,9,12H,10-11H2,1-2H3. The zero-order valence-corrected chi connectivity index (χ0v) is 17.4. The number of benzene rings is 1. The van der Waals surface area contributed by atoms with Gasteiger partial charge in [-0.2, -0.15) is 23.4 Å². The highest BCUT2D eigenvalue weighted by atomic mass is 35.5. The first-order chi connectivity index (χ1) is 14.7. The largest absolute Gasteiger partial charge is 0.439 e. The van der Waals surface area contributed by atoms with Crippen molar-refractivity contribution in [2.45, 2.75) is 19.5 Å². The molecule has 0 amide bonds. The summed E-state index contributed by atoms with van der Waals surface area (Å²) >= 11 is 6.30. The number of ether oxygens (including phenoxy) is 1. The summed E-state index contributed by atoms with van der Waals surface area (Å²) in [4.78, 5) is 14.4. The molecule has 31 heavy (non-hydrogen) atoms. The second kappa shape index (κ2) is 9.18. The Balaban J connectivity index is 1.87. The molecule has 0 fully saturated rings. The maximum absolute atomic E-state index is 12.7. The van der Waals surface area contributed by atoms with Gasteiger partial charge in [0.15, 0.2) is 0 Å². The van der Waals surface area contributed by atoms with Gasteiger partial charge in [-0.3, -0.25) is 0 Å². The highest BCUT2D eigenvalue weighted by Crippen LogP contribution is 2.32. The lowest BCUT2D eigenvalue weighted by Crippen LogP contribution is -2.19. The summed E-state index contributed by atoms with van der Waals surface area (Å²) in [5.74, 6) is 0.825. The molecule has 0 atom stereocenters. The van der Waals surface area contributed by atoms with Gasteiger partial charge in [-0.1, -0.05) is 11.6 Å². The number of nitriles is 1. The van der Waals surface area contributed by atoms with Gasteiger partial charge < -0.3 is 9.64 Å². The van der Waals surface area contributed by atoms with Gasteiger partial charge in [0.1, 0.15) is 23.3 Å². The number of aromatic nitrogens is 3. The van der Waals surface area contributed by atoms with Crippen LogP contribution in [0, 0.1) is 18.3 Å². The van der Waals surface area contributed by atoms with Crippen LogP contribution < -0.4 is 9.64 Å². The molecule has 3 aromatic rings. The molecular weight excluding hydrogens is 431 g/mol. The van der Waals surface area contributed by atoms with Crippen molar-refractivity contribution in [2.24, 2.45) is 0 Å². The number of alkyl halides is 3. The van der Waals surface area contributed by atoms with Crippen LogP contribution in [-0.4, -0.2) is 28.5 Å². The second-order valence-corrected chi connectivity index (χ2v) is 7.02. The summed E-state index contributed by atoms with van der Waals surface area (Å²) in [6, 6.07) is 9.76. The van der Waals surface area contributed by atoms with Gasteiger partial charge in [-0.15, -0.1) is 0 Å². The number of nitrogens with zero attached hydrogens (tertiary/aromatic N) is 5. The Hall–Kier alpha value is -3.38. The van der Waals surface area contributed by atoms with E-state index in [9.17, 15) is 13.2 Å². The lowest BCUT2D eigenvalue weighted by molar-refractivity contribution is -0.137. The van der Waals surface area contributed by atoms with Gasteiger partial charge in [-0.05, 0) is 37.3 Å². The molecule has 0 saturated carbocycles. The summed E-state index contributed by atoms with van der Waals surface area (Å²) in [7, 11) is 1.77. The minimum Gasteiger partial charge on any atom is -0.439 e. The van der Waals surface area contributed by atoms with Crippen LogP contribution >= 0.6 is 11.6 Å². The molecular formula is C21H17ClF3N5O. The normalized spacial score (nSPS) is 11.1. The molecule has 2 heterocycles. The van der Waals surface area contributed by atoms with Crippen LogP contribution in [0.4, 0.5) is 18.9 Å². The number of anilines is 1. The summed E-state index contributed by atoms with van der Waals surface area (Å²) in [5.41, 5.74) is 1.24. The van der Waals surface area contributed by atoms with Gasteiger partial charge in [-0.25, -0.2) is 9.97 Å². The number of hydrogen-bond donors (Lipinski definition) is 0. The summed E-state index contributed by atoms with van der Waals surface area (Å²) < 4.78 is 43.8. The molecule has 0 aliphatic rings. The molecule has 0 N–H and O–H groups in total. The number of pyridine rings is 1. The first-order valence-electron chi connectivity index (χ1n) is 9.08. The van der Waals surface area contributed by atoms with E-state index >= 15 is 0 Å². The van der Waals surface area contributed by atoms with E-state index in [-0.39, 0.29) is 23.3 Å². The van der Waals surface area contributed by atoms with E-state index in [0.717, 1.165) is 17.8 Å². The van der Waals surface area contributed by atoms with Crippen LogP contribution in [0.1, 0.15) is 22.6 Å². The molecule has 0 aliphatic carbocycles. The lowest BCUT2D eigenvalue weighted by atomic mass is 10.1. The van der Waals surface area contributed by atoms with E-state index in [2.05, 4.69) is 21.0 Å². The zero-order chi connectivity index (χ0) is 22.6. The van der Waals surface area contributed by atoms with Crippen LogP contribution in [0.5, 0.6) is 11.6 Å². The van der Waals surface area contributed by atoms with E-state index in [4.69, 9.17) is 21.6 Å². The first-order valence-corrected chi connectivity index (χ1v) is 9.46. The molecule has 6 nitrogen and oxygen atoms in total. The summed E-state index contributed by atoms with van der Waals surface area (Å²) in [6.07, 6.45) is -2.57. The third-order valence-corrected chi connectivity index (χ3v) is 4.65. The van der Waals surface area contributed by atoms with E-state index in [1.165, 1.54) is 12.1 Å². The predicted molar refractivity (Wildman–Crippen MR) is 109 cm³/mol. The van der Waals surface area contributed by atoms with Gasteiger partial charge in [0, 0.05) is 37.0 Å². The molecule has 0 bridgehead atoms.